The summed E-state index contributed by atoms with van der Waals surface area (Å²) in [4.78, 5) is 23.1. The van der Waals surface area contributed by atoms with E-state index in [1.165, 1.54) is 36.4 Å². The predicted octanol–water partition coefficient (Wildman–Crippen LogP) is 0.314. The van der Waals surface area contributed by atoms with Gasteiger partial charge in [0, 0.05) is 5.69 Å². The van der Waals surface area contributed by atoms with Crippen LogP contribution in [0.15, 0.2) is 64.4 Å². The van der Waals surface area contributed by atoms with E-state index in [9.17, 15) is 26.4 Å². The second-order valence-electron chi connectivity index (χ2n) is 5.62. The average Bonchev–Trinajstić information content (AvgIpc) is 2.66. The average molecular weight is 443 g/mol. The molecule has 5 N–H and O–H groups in total. The molecule has 0 radical (unpaired) electrons. The third kappa shape index (κ3) is 6.53. The largest absolute Gasteiger partial charge is 0.447 e. The van der Waals surface area contributed by atoms with Crippen LogP contribution >= 0.6 is 0 Å². The van der Waals surface area contributed by atoms with Crippen molar-refractivity contribution in [2.24, 2.45) is 5.73 Å². The standard InChI is InChI=1S/C16H17N3O8S2/c17-14(15(20)19-28(22,23)12-6-2-1-3-7-12)10-27-16(21)18-11-5-4-8-13(9-11)29(24,25)26/h1-9,14H,10,17H2,(H,18,21)(H,19,20)(H,24,25,26)/t14-/m0/s1. The summed E-state index contributed by atoms with van der Waals surface area (Å²) in [5, 5.41) is 2.18. The van der Waals surface area contributed by atoms with E-state index in [0.29, 0.717) is 0 Å². The van der Waals surface area contributed by atoms with Gasteiger partial charge in [-0.15, -0.1) is 0 Å². The van der Waals surface area contributed by atoms with E-state index in [-0.39, 0.29) is 10.6 Å². The molecule has 11 nitrogen and oxygen atoms in total. The van der Waals surface area contributed by atoms with Gasteiger partial charge in [0.25, 0.3) is 26.0 Å². The number of carbonyl (C=O) groups is 2. The number of carbonyl (C=O) groups excluding carboxylic acids is 2. The minimum Gasteiger partial charge on any atom is -0.447 e. The molecule has 1 atom stereocenters. The second kappa shape index (κ2) is 9.00. The fraction of sp³-hybridized carbons (Fsp3) is 0.125. The third-order valence-corrected chi connectivity index (χ3v) is 5.61. The van der Waals surface area contributed by atoms with Crippen LogP contribution in [-0.4, -0.2) is 46.0 Å². The molecule has 0 aliphatic carbocycles. The molecular formula is C16H17N3O8S2. The lowest BCUT2D eigenvalue weighted by molar-refractivity contribution is -0.121. The van der Waals surface area contributed by atoms with Crippen molar-refractivity contribution in [3.8, 4) is 0 Å². The lowest BCUT2D eigenvalue weighted by Crippen LogP contribution is -2.46. The Balaban J connectivity index is 1.91. The summed E-state index contributed by atoms with van der Waals surface area (Å²) >= 11 is 0. The minimum atomic E-state index is -4.46. The van der Waals surface area contributed by atoms with Gasteiger partial charge in [0.2, 0.25) is 0 Å². The number of sulfonamides is 1. The molecule has 2 amide bonds. The summed E-state index contributed by atoms with van der Waals surface area (Å²) in [7, 11) is -8.59. The molecule has 29 heavy (non-hydrogen) atoms. The molecule has 2 rings (SSSR count). The monoisotopic (exact) mass is 443 g/mol. The van der Waals surface area contributed by atoms with Gasteiger partial charge in [-0.25, -0.2) is 17.9 Å². The molecule has 13 heteroatoms. The highest BCUT2D eigenvalue weighted by Gasteiger charge is 2.23. The Morgan fingerprint density at radius 2 is 1.62 bits per heavy atom. The molecule has 0 aliphatic rings. The highest BCUT2D eigenvalue weighted by atomic mass is 32.2. The summed E-state index contributed by atoms with van der Waals surface area (Å²) in [5.74, 6) is -1.09. The molecular weight excluding hydrogens is 426 g/mol. The first-order valence-corrected chi connectivity index (χ1v) is 10.8. The van der Waals surface area contributed by atoms with Crippen molar-refractivity contribution in [1.29, 1.82) is 0 Å². The fourth-order valence-corrected chi connectivity index (χ4v) is 3.57. The number of ether oxygens (including phenoxy) is 1. The van der Waals surface area contributed by atoms with Crippen molar-refractivity contribution >= 4 is 37.8 Å². The first kappa shape index (κ1) is 22.3. The van der Waals surface area contributed by atoms with E-state index in [1.807, 2.05) is 0 Å². The lowest BCUT2D eigenvalue weighted by Gasteiger charge is -2.13. The quantitative estimate of drug-likeness (QED) is 0.438. The summed E-state index contributed by atoms with van der Waals surface area (Å²) in [6, 6.07) is 10.3. The summed E-state index contributed by atoms with van der Waals surface area (Å²) in [6.45, 7) is -0.653. The van der Waals surface area contributed by atoms with E-state index < -0.39 is 49.7 Å². The van der Waals surface area contributed by atoms with Crippen molar-refractivity contribution in [3.63, 3.8) is 0 Å². The molecule has 0 fully saturated rings. The highest BCUT2D eigenvalue weighted by molar-refractivity contribution is 7.90. The van der Waals surface area contributed by atoms with E-state index in [0.717, 1.165) is 12.1 Å². The van der Waals surface area contributed by atoms with Gasteiger partial charge in [-0.05, 0) is 30.3 Å². The maximum atomic E-state index is 12.1. The van der Waals surface area contributed by atoms with Crippen LogP contribution in [-0.2, 0) is 29.7 Å². The number of nitrogens with one attached hydrogen (secondary N) is 2. The zero-order valence-corrected chi connectivity index (χ0v) is 16.3. The Labute approximate surface area is 166 Å². The molecule has 2 aromatic rings. The fourth-order valence-electron chi connectivity index (χ4n) is 2.00. The third-order valence-electron chi connectivity index (χ3n) is 3.40. The Morgan fingerprint density at radius 3 is 2.24 bits per heavy atom. The molecule has 0 heterocycles. The van der Waals surface area contributed by atoms with E-state index in [2.05, 4.69) is 5.32 Å². The number of benzene rings is 2. The molecule has 156 valence electrons. The first-order valence-electron chi connectivity index (χ1n) is 7.87. The zero-order valence-electron chi connectivity index (χ0n) is 14.7. The number of hydrogen-bond donors (Lipinski definition) is 4. The minimum absolute atomic E-state index is 0.00481. The van der Waals surface area contributed by atoms with Crippen LogP contribution < -0.4 is 15.8 Å². The van der Waals surface area contributed by atoms with Crippen molar-refractivity contribution in [3.05, 3.63) is 54.6 Å². The number of rotatable bonds is 7. The van der Waals surface area contributed by atoms with Crippen LogP contribution in [0.5, 0.6) is 0 Å². The second-order valence-corrected chi connectivity index (χ2v) is 8.72. The molecule has 0 bridgehead atoms. The Hall–Kier alpha value is -3.00. The molecule has 2 aromatic carbocycles. The Bertz CT molecular complexity index is 1100. The molecule has 0 aliphatic heterocycles. The number of anilines is 1. The van der Waals surface area contributed by atoms with Gasteiger partial charge in [-0.1, -0.05) is 24.3 Å². The van der Waals surface area contributed by atoms with E-state index >= 15 is 0 Å². The van der Waals surface area contributed by atoms with Crippen molar-refractivity contribution in [2.75, 3.05) is 11.9 Å². The smallest absolute Gasteiger partial charge is 0.411 e. The topological polar surface area (TPSA) is 182 Å². The van der Waals surface area contributed by atoms with Crippen LogP contribution in [0.25, 0.3) is 0 Å². The highest BCUT2D eigenvalue weighted by Crippen LogP contribution is 2.15. The van der Waals surface area contributed by atoms with Gasteiger partial charge in [-0.2, -0.15) is 8.42 Å². The SMILES string of the molecule is N[C@@H](COC(=O)Nc1cccc(S(=O)(=O)O)c1)C(=O)NS(=O)(=O)c1ccccc1. The van der Waals surface area contributed by atoms with Gasteiger partial charge < -0.3 is 10.5 Å². The van der Waals surface area contributed by atoms with Gasteiger partial charge in [0.1, 0.15) is 12.6 Å². The van der Waals surface area contributed by atoms with E-state index in [4.69, 9.17) is 15.0 Å². The Morgan fingerprint density at radius 1 is 1.00 bits per heavy atom. The van der Waals surface area contributed by atoms with Gasteiger partial charge >= 0.3 is 6.09 Å². The van der Waals surface area contributed by atoms with Crippen LogP contribution in [0, 0.1) is 0 Å². The maximum absolute atomic E-state index is 12.1. The van der Waals surface area contributed by atoms with Crippen LogP contribution in [0.3, 0.4) is 0 Å². The molecule has 0 spiro atoms. The van der Waals surface area contributed by atoms with Crippen molar-refractivity contribution in [2.45, 2.75) is 15.8 Å². The zero-order chi connectivity index (χ0) is 21.7. The normalized spacial score (nSPS) is 12.6. The van der Waals surface area contributed by atoms with E-state index in [1.54, 1.807) is 10.8 Å². The van der Waals surface area contributed by atoms with Gasteiger partial charge in [-0.3, -0.25) is 14.7 Å². The molecule has 0 aromatic heterocycles. The number of amides is 2. The Kier molecular flexibility index (Phi) is 6.92. The van der Waals surface area contributed by atoms with Crippen LogP contribution in [0.2, 0.25) is 0 Å². The van der Waals surface area contributed by atoms with Gasteiger partial charge in [0.05, 0.1) is 9.79 Å². The summed E-state index contributed by atoms with van der Waals surface area (Å²) in [6.07, 6.45) is -1.08. The lowest BCUT2D eigenvalue weighted by atomic mass is 10.3. The first-order chi connectivity index (χ1) is 13.5. The van der Waals surface area contributed by atoms with Crippen molar-refractivity contribution in [1.82, 2.24) is 4.72 Å². The molecule has 0 saturated carbocycles. The molecule has 0 saturated heterocycles. The number of nitrogens with two attached hydrogens (primary N) is 1. The van der Waals surface area contributed by atoms with Crippen LogP contribution in [0.4, 0.5) is 10.5 Å². The van der Waals surface area contributed by atoms with Crippen molar-refractivity contribution < 1.29 is 35.7 Å². The maximum Gasteiger partial charge on any atom is 0.411 e. The van der Waals surface area contributed by atoms with Crippen LogP contribution in [0.1, 0.15) is 0 Å². The summed E-state index contributed by atoms with van der Waals surface area (Å²) < 4.78 is 61.8. The molecule has 0 unspecified atom stereocenters. The summed E-state index contributed by atoms with van der Waals surface area (Å²) in [5.41, 5.74) is 5.53. The number of hydrogen-bond acceptors (Lipinski definition) is 8. The predicted molar refractivity (Wildman–Crippen MR) is 101 cm³/mol. The van der Waals surface area contributed by atoms with Gasteiger partial charge in [0.15, 0.2) is 0 Å².